The van der Waals surface area contributed by atoms with E-state index < -0.39 is 41.8 Å². The molecule has 0 aliphatic carbocycles. The Morgan fingerprint density at radius 3 is 2.55 bits per heavy atom. The molecule has 3 N–H and O–H groups in total. The second kappa shape index (κ2) is 12.0. The van der Waals surface area contributed by atoms with Gasteiger partial charge in [-0.15, -0.1) is 0 Å². The van der Waals surface area contributed by atoms with Gasteiger partial charge in [0.2, 0.25) is 5.91 Å². The number of carbonyl (C=O) groups excluding carboxylic acids is 4. The van der Waals surface area contributed by atoms with Crippen LogP contribution >= 0.6 is 0 Å². The molecule has 1 aliphatic heterocycles. The summed E-state index contributed by atoms with van der Waals surface area (Å²) in [5, 5.41) is 6.13. The molecular formula is C27H25F3N4O6. The summed E-state index contributed by atoms with van der Waals surface area (Å²) in [5.74, 6) is -5.32. The van der Waals surface area contributed by atoms with Gasteiger partial charge in [-0.1, -0.05) is 18.2 Å². The van der Waals surface area contributed by atoms with E-state index in [0.29, 0.717) is 5.75 Å². The van der Waals surface area contributed by atoms with Crippen molar-refractivity contribution < 1.29 is 41.9 Å². The number of halogens is 3. The van der Waals surface area contributed by atoms with E-state index in [2.05, 4.69) is 20.5 Å². The molecule has 0 saturated carbocycles. The Balaban J connectivity index is 1.39. The molecule has 0 unspecified atom stereocenters. The number of nitrogens with zero attached hydrogens (tertiary/aromatic N) is 1. The van der Waals surface area contributed by atoms with E-state index in [1.807, 2.05) is 37.3 Å². The number of hydrogen-bond donors (Lipinski definition) is 3. The molecule has 40 heavy (non-hydrogen) atoms. The third-order valence-electron chi connectivity index (χ3n) is 6.26. The van der Waals surface area contributed by atoms with Crippen LogP contribution in [0.5, 0.6) is 5.75 Å². The standard InChI is InChI=1S/C27H25F3N4O6/c1-15-12-17(19-4-2-3-5-21(19)32-15)14-39-18-8-6-16(7-9-18)24(36)33-22-13-31-23(35)11-10-20(22)25(37)34-40-26(38)27(28,29)30/h2-9,12,20,22H,10-11,13-14H2,1H3,(H,31,35)(H,33,36)(H,34,37)/t20-,22+/m0/s1. The molecule has 0 bridgehead atoms. The Morgan fingerprint density at radius 2 is 1.82 bits per heavy atom. The maximum atomic E-state index is 12.9. The smallest absolute Gasteiger partial charge is 0.489 e. The van der Waals surface area contributed by atoms with Gasteiger partial charge in [0, 0.05) is 35.2 Å². The molecule has 210 valence electrons. The summed E-state index contributed by atoms with van der Waals surface area (Å²) in [5.41, 5.74) is 4.35. The van der Waals surface area contributed by atoms with Crippen LogP contribution in [0.4, 0.5) is 13.2 Å². The predicted octanol–water partition coefficient (Wildman–Crippen LogP) is 2.88. The Labute approximate surface area is 226 Å². The summed E-state index contributed by atoms with van der Waals surface area (Å²) in [6, 6.07) is 14.9. The van der Waals surface area contributed by atoms with Crippen molar-refractivity contribution in [2.45, 2.75) is 38.6 Å². The maximum absolute atomic E-state index is 12.9. The van der Waals surface area contributed by atoms with Crippen LogP contribution in [0.1, 0.15) is 34.5 Å². The number of carbonyl (C=O) groups is 4. The lowest BCUT2D eigenvalue weighted by molar-refractivity contribution is -0.208. The maximum Gasteiger partial charge on any atom is 0.493 e. The fourth-order valence-electron chi connectivity index (χ4n) is 4.27. The van der Waals surface area contributed by atoms with Crippen molar-refractivity contribution in [1.82, 2.24) is 21.1 Å². The van der Waals surface area contributed by atoms with Gasteiger partial charge < -0.3 is 20.2 Å². The van der Waals surface area contributed by atoms with E-state index in [1.165, 1.54) is 17.6 Å². The number of alkyl halides is 3. The zero-order valence-corrected chi connectivity index (χ0v) is 21.2. The second-order valence-electron chi connectivity index (χ2n) is 9.14. The molecule has 2 aromatic carbocycles. The number of amides is 3. The highest BCUT2D eigenvalue weighted by molar-refractivity contribution is 5.95. The molecular weight excluding hydrogens is 533 g/mol. The van der Waals surface area contributed by atoms with Crippen LogP contribution < -0.4 is 20.9 Å². The van der Waals surface area contributed by atoms with Gasteiger partial charge >= 0.3 is 12.1 Å². The fourth-order valence-corrected chi connectivity index (χ4v) is 4.27. The molecule has 1 fully saturated rings. The SMILES string of the molecule is Cc1cc(COc2ccc(C(=O)N[C@@H]3CNC(=O)CC[C@@H]3C(=O)NOC(=O)C(F)(F)F)cc2)c2ccccc2n1. The first kappa shape index (κ1) is 28.3. The zero-order chi connectivity index (χ0) is 28.9. The number of nitrogens with one attached hydrogen (secondary N) is 3. The topological polar surface area (TPSA) is 136 Å². The third kappa shape index (κ3) is 7.04. The van der Waals surface area contributed by atoms with E-state index in [9.17, 15) is 32.3 Å². The molecule has 2 heterocycles. The molecule has 0 radical (unpaired) electrons. The number of benzene rings is 2. The molecule has 3 amide bonds. The van der Waals surface area contributed by atoms with E-state index in [-0.39, 0.29) is 31.6 Å². The molecule has 10 nitrogen and oxygen atoms in total. The fraction of sp³-hybridized carbons (Fsp3) is 0.296. The lowest BCUT2D eigenvalue weighted by Gasteiger charge is -2.24. The van der Waals surface area contributed by atoms with Gasteiger partial charge in [-0.2, -0.15) is 18.7 Å². The Kier molecular flexibility index (Phi) is 8.51. The number of hydrogen-bond acceptors (Lipinski definition) is 7. The lowest BCUT2D eigenvalue weighted by Crippen LogP contribution is -2.51. The van der Waals surface area contributed by atoms with Gasteiger partial charge in [0.15, 0.2) is 0 Å². The Morgan fingerprint density at radius 1 is 1.10 bits per heavy atom. The lowest BCUT2D eigenvalue weighted by atomic mass is 9.94. The number of para-hydroxylation sites is 1. The van der Waals surface area contributed by atoms with Crippen LogP contribution in [-0.4, -0.2) is 47.4 Å². The number of fused-ring (bicyclic) bond motifs is 1. The van der Waals surface area contributed by atoms with Crippen molar-refractivity contribution in [3.63, 3.8) is 0 Å². The van der Waals surface area contributed by atoms with Gasteiger partial charge in [-0.25, -0.2) is 4.79 Å². The molecule has 0 spiro atoms. The quantitative estimate of drug-likeness (QED) is 0.396. The van der Waals surface area contributed by atoms with E-state index in [4.69, 9.17) is 4.74 Å². The zero-order valence-electron chi connectivity index (χ0n) is 21.2. The summed E-state index contributed by atoms with van der Waals surface area (Å²) in [6.07, 6.45) is -5.51. The molecule has 4 rings (SSSR count). The number of rotatable bonds is 6. The van der Waals surface area contributed by atoms with Crippen LogP contribution in [0.2, 0.25) is 0 Å². The molecule has 13 heteroatoms. The average Bonchev–Trinajstić information content (AvgIpc) is 3.10. The van der Waals surface area contributed by atoms with Crippen LogP contribution in [0.3, 0.4) is 0 Å². The number of aryl methyl sites for hydroxylation is 1. The van der Waals surface area contributed by atoms with Gasteiger partial charge in [-0.05, 0) is 49.7 Å². The van der Waals surface area contributed by atoms with Crippen LogP contribution in [0, 0.1) is 12.8 Å². The Hall–Kier alpha value is -4.68. The third-order valence-corrected chi connectivity index (χ3v) is 6.26. The second-order valence-corrected chi connectivity index (χ2v) is 9.14. The van der Waals surface area contributed by atoms with Crippen molar-refractivity contribution in [1.29, 1.82) is 0 Å². The summed E-state index contributed by atoms with van der Waals surface area (Å²) in [7, 11) is 0. The number of pyridine rings is 1. The van der Waals surface area contributed by atoms with E-state index in [1.54, 1.807) is 12.1 Å². The highest BCUT2D eigenvalue weighted by Gasteiger charge is 2.42. The van der Waals surface area contributed by atoms with Crippen molar-refractivity contribution >= 4 is 34.6 Å². The summed E-state index contributed by atoms with van der Waals surface area (Å²) in [6.45, 7) is 2.01. The normalized spacial score (nSPS) is 17.4. The van der Waals surface area contributed by atoms with Gasteiger partial charge in [0.1, 0.15) is 12.4 Å². The van der Waals surface area contributed by atoms with Crippen LogP contribution in [-0.2, 0) is 25.8 Å². The number of hydroxylamine groups is 1. The van der Waals surface area contributed by atoms with E-state index >= 15 is 0 Å². The van der Waals surface area contributed by atoms with Crippen LogP contribution in [0.25, 0.3) is 10.9 Å². The first-order valence-corrected chi connectivity index (χ1v) is 12.2. The van der Waals surface area contributed by atoms with Crippen molar-refractivity contribution in [3.05, 3.63) is 71.4 Å². The molecule has 1 saturated heterocycles. The summed E-state index contributed by atoms with van der Waals surface area (Å²) in [4.78, 5) is 56.5. The predicted molar refractivity (Wildman–Crippen MR) is 135 cm³/mol. The molecule has 1 aliphatic rings. The van der Waals surface area contributed by atoms with Gasteiger partial charge in [0.25, 0.3) is 11.8 Å². The summed E-state index contributed by atoms with van der Waals surface area (Å²) < 4.78 is 43.1. The highest BCUT2D eigenvalue weighted by atomic mass is 19.4. The highest BCUT2D eigenvalue weighted by Crippen LogP contribution is 2.22. The minimum atomic E-state index is -5.30. The van der Waals surface area contributed by atoms with Crippen molar-refractivity contribution in [2.24, 2.45) is 5.92 Å². The summed E-state index contributed by atoms with van der Waals surface area (Å²) >= 11 is 0. The van der Waals surface area contributed by atoms with Crippen molar-refractivity contribution in [3.8, 4) is 5.75 Å². The monoisotopic (exact) mass is 558 g/mol. The average molecular weight is 559 g/mol. The van der Waals surface area contributed by atoms with Gasteiger partial charge in [-0.3, -0.25) is 19.4 Å². The minimum Gasteiger partial charge on any atom is -0.489 e. The first-order valence-electron chi connectivity index (χ1n) is 12.2. The Bertz CT molecular complexity index is 1430. The first-order chi connectivity index (χ1) is 19.0. The molecule has 2 atom stereocenters. The van der Waals surface area contributed by atoms with Crippen molar-refractivity contribution in [2.75, 3.05) is 6.54 Å². The van der Waals surface area contributed by atoms with E-state index in [0.717, 1.165) is 22.2 Å². The number of ether oxygens (including phenoxy) is 1. The molecule has 3 aromatic rings. The van der Waals surface area contributed by atoms with Gasteiger partial charge in [0.05, 0.1) is 17.5 Å². The number of aromatic nitrogens is 1. The largest absolute Gasteiger partial charge is 0.493 e. The molecule has 1 aromatic heterocycles. The van der Waals surface area contributed by atoms with Crippen LogP contribution in [0.15, 0.2) is 54.6 Å². The minimum absolute atomic E-state index is 0.0951.